The summed E-state index contributed by atoms with van der Waals surface area (Å²) in [6, 6.07) is 18.6. The monoisotopic (exact) mass is 376 g/mol. The number of H-pyrrole nitrogens is 1. The maximum absolute atomic E-state index is 12.8. The normalized spacial score (nSPS) is 10.7. The molecule has 0 aliphatic heterocycles. The van der Waals surface area contributed by atoms with Gasteiger partial charge in [0.1, 0.15) is 0 Å². The van der Waals surface area contributed by atoms with Gasteiger partial charge in [0.25, 0.3) is 5.91 Å². The summed E-state index contributed by atoms with van der Waals surface area (Å²) in [7, 11) is 0. The molecule has 0 saturated carbocycles. The Hall–Kier alpha value is -3.31. The Labute approximate surface area is 161 Å². The molecule has 1 heterocycles. The van der Waals surface area contributed by atoms with E-state index in [1.54, 1.807) is 12.4 Å². The fourth-order valence-corrected chi connectivity index (χ4v) is 3.06. The minimum Gasteiger partial charge on any atom is -0.355 e. The number of para-hydroxylation sites is 1. The zero-order valence-corrected chi connectivity index (χ0v) is 15.3. The number of fused-ring (bicyclic) bond motifs is 1. The van der Waals surface area contributed by atoms with Crippen LogP contribution < -0.4 is 10.6 Å². The van der Waals surface area contributed by atoms with Crippen LogP contribution in [0.25, 0.3) is 11.0 Å². The number of aromatic amines is 1. The van der Waals surface area contributed by atoms with Gasteiger partial charge in [-0.25, -0.2) is 4.98 Å². The molecule has 27 heavy (non-hydrogen) atoms. The van der Waals surface area contributed by atoms with Crippen molar-refractivity contribution in [3.8, 4) is 0 Å². The minimum absolute atomic E-state index is 0.198. The fraction of sp³-hybridized carbons (Fsp3) is 0.0476. The van der Waals surface area contributed by atoms with Crippen LogP contribution in [0, 0.1) is 6.92 Å². The average Bonchev–Trinajstić information content (AvgIpc) is 3.13. The van der Waals surface area contributed by atoms with Gasteiger partial charge in [-0.3, -0.25) is 4.79 Å². The van der Waals surface area contributed by atoms with Gasteiger partial charge in [-0.2, -0.15) is 0 Å². The Morgan fingerprint density at radius 1 is 1.04 bits per heavy atom. The number of aromatic nitrogens is 2. The second-order valence-electron chi connectivity index (χ2n) is 6.17. The molecular formula is C21H17ClN4O. The summed E-state index contributed by atoms with van der Waals surface area (Å²) in [5, 5.41) is 6.93. The lowest BCUT2D eigenvalue weighted by molar-refractivity contribution is 0.102. The summed E-state index contributed by atoms with van der Waals surface area (Å²) in [4.78, 5) is 20.1. The molecule has 0 aliphatic carbocycles. The highest BCUT2D eigenvalue weighted by Gasteiger charge is 2.13. The van der Waals surface area contributed by atoms with E-state index in [1.807, 2.05) is 61.5 Å². The standard InChI is InChI=1S/C21H17ClN4O/c1-13-16(22)6-4-8-17(13)26-18-7-3-2-5-15(18)21(27)25-14-9-10-19-20(11-14)24-12-23-19/h2-12,26H,1H3,(H,23,24)(H,25,27). The van der Waals surface area contributed by atoms with Crippen LogP contribution in [0.4, 0.5) is 17.1 Å². The number of benzene rings is 3. The van der Waals surface area contributed by atoms with E-state index in [1.165, 1.54) is 0 Å². The third-order valence-electron chi connectivity index (χ3n) is 4.39. The zero-order chi connectivity index (χ0) is 18.8. The number of anilines is 3. The maximum atomic E-state index is 12.8. The largest absolute Gasteiger partial charge is 0.355 e. The first-order valence-electron chi connectivity index (χ1n) is 8.47. The molecule has 1 aromatic heterocycles. The highest BCUT2D eigenvalue weighted by atomic mass is 35.5. The van der Waals surface area contributed by atoms with Crippen molar-refractivity contribution in [1.82, 2.24) is 9.97 Å². The van der Waals surface area contributed by atoms with Crippen LogP contribution in [0.5, 0.6) is 0 Å². The lowest BCUT2D eigenvalue weighted by Gasteiger charge is -2.14. The minimum atomic E-state index is -0.198. The van der Waals surface area contributed by atoms with Crippen molar-refractivity contribution in [2.24, 2.45) is 0 Å². The van der Waals surface area contributed by atoms with Gasteiger partial charge in [-0.15, -0.1) is 0 Å². The molecule has 0 spiro atoms. The van der Waals surface area contributed by atoms with Gasteiger partial charge in [0.2, 0.25) is 0 Å². The molecule has 4 aromatic rings. The van der Waals surface area contributed by atoms with Crippen LogP contribution in [0.1, 0.15) is 15.9 Å². The molecule has 0 aliphatic rings. The van der Waals surface area contributed by atoms with Crippen LogP contribution in [-0.2, 0) is 0 Å². The summed E-state index contributed by atoms with van der Waals surface area (Å²) in [6.45, 7) is 1.94. The summed E-state index contributed by atoms with van der Waals surface area (Å²) in [5.74, 6) is -0.198. The van der Waals surface area contributed by atoms with E-state index >= 15 is 0 Å². The third kappa shape index (κ3) is 3.50. The second-order valence-corrected chi connectivity index (χ2v) is 6.58. The number of nitrogens with one attached hydrogen (secondary N) is 3. The first kappa shape index (κ1) is 17.1. The smallest absolute Gasteiger partial charge is 0.257 e. The summed E-state index contributed by atoms with van der Waals surface area (Å²) in [5.41, 5.74) is 5.47. The van der Waals surface area contributed by atoms with E-state index in [2.05, 4.69) is 20.6 Å². The van der Waals surface area contributed by atoms with Crippen molar-refractivity contribution in [3.63, 3.8) is 0 Å². The highest BCUT2D eigenvalue weighted by molar-refractivity contribution is 6.31. The van der Waals surface area contributed by atoms with Gasteiger partial charge >= 0.3 is 0 Å². The summed E-state index contributed by atoms with van der Waals surface area (Å²) >= 11 is 6.20. The van der Waals surface area contributed by atoms with E-state index in [0.29, 0.717) is 22.0 Å². The number of carbonyl (C=O) groups is 1. The molecule has 0 radical (unpaired) electrons. The van der Waals surface area contributed by atoms with Gasteiger partial charge in [-0.05, 0) is 55.0 Å². The van der Waals surface area contributed by atoms with E-state index in [4.69, 9.17) is 11.6 Å². The van der Waals surface area contributed by atoms with Crippen molar-refractivity contribution in [3.05, 3.63) is 83.1 Å². The summed E-state index contributed by atoms with van der Waals surface area (Å²) < 4.78 is 0. The molecule has 1 amide bonds. The van der Waals surface area contributed by atoms with Crippen molar-refractivity contribution in [2.45, 2.75) is 6.92 Å². The third-order valence-corrected chi connectivity index (χ3v) is 4.80. The highest BCUT2D eigenvalue weighted by Crippen LogP contribution is 2.28. The molecule has 134 valence electrons. The Morgan fingerprint density at radius 3 is 2.74 bits per heavy atom. The van der Waals surface area contributed by atoms with Gasteiger partial charge in [0, 0.05) is 16.4 Å². The molecule has 6 heteroatoms. The maximum Gasteiger partial charge on any atom is 0.257 e. The number of carbonyl (C=O) groups excluding carboxylic acids is 1. The van der Waals surface area contributed by atoms with Crippen molar-refractivity contribution < 1.29 is 4.79 Å². The van der Waals surface area contributed by atoms with Crippen molar-refractivity contribution >= 4 is 45.6 Å². The topological polar surface area (TPSA) is 69.8 Å². The Kier molecular flexibility index (Phi) is 4.52. The number of amides is 1. The quantitative estimate of drug-likeness (QED) is 0.439. The molecule has 0 saturated heterocycles. The lowest BCUT2D eigenvalue weighted by Crippen LogP contribution is -2.14. The average molecular weight is 377 g/mol. The molecule has 4 rings (SSSR count). The van der Waals surface area contributed by atoms with E-state index < -0.39 is 0 Å². The predicted octanol–water partition coefficient (Wildman–Crippen LogP) is 5.52. The van der Waals surface area contributed by atoms with Crippen molar-refractivity contribution in [2.75, 3.05) is 10.6 Å². The molecule has 3 N–H and O–H groups in total. The lowest BCUT2D eigenvalue weighted by atomic mass is 10.1. The van der Waals surface area contributed by atoms with E-state index in [0.717, 1.165) is 22.3 Å². The van der Waals surface area contributed by atoms with Crippen LogP contribution in [0.15, 0.2) is 67.0 Å². The number of imidazole rings is 1. The second kappa shape index (κ2) is 7.13. The van der Waals surface area contributed by atoms with Gasteiger partial charge in [0.05, 0.1) is 28.6 Å². The van der Waals surface area contributed by atoms with E-state index in [-0.39, 0.29) is 5.91 Å². The van der Waals surface area contributed by atoms with Gasteiger partial charge in [0.15, 0.2) is 0 Å². The first-order valence-corrected chi connectivity index (χ1v) is 8.85. The number of rotatable bonds is 4. The van der Waals surface area contributed by atoms with Gasteiger partial charge in [-0.1, -0.05) is 29.8 Å². The molecule has 0 fully saturated rings. The van der Waals surface area contributed by atoms with Crippen LogP contribution in [0.2, 0.25) is 5.02 Å². The molecule has 5 nitrogen and oxygen atoms in total. The molecular weight excluding hydrogens is 360 g/mol. The Balaban J connectivity index is 1.61. The molecule has 0 bridgehead atoms. The molecule has 0 atom stereocenters. The Morgan fingerprint density at radius 2 is 1.85 bits per heavy atom. The number of nitrogens with zero attached hydrogens (tertiary/aromatic N) is 1. The van der Waals surface area contributed by atoms with Crippen LogP contribution in [-0.4, -0.2) is 15.9 Å². The van der Waals surface area contributed by atoms with Crippen molar-refractivity contribution in [1.29, 1.82) is 0 Å². The fourth-order valence-electron chi connectivity index (χ4n) is 2.89. The van der Waals surface area contributed by atoms with Gasteiger partial charge < -0.3 is 15.6 Å². The van der Waals surface area contributed by atoms with Crippen LogP contribution in [0.3, 0.4) is 0 Å². The molecule has 0 unspecified atom stereocenters. The van der Waals surface area contributed by atoms with Crippen LogP contribution >= 0.6 is 11.6 Å². The zero-order valence-electron chi connectivity index (χ0n) is 14.6. The number of halogens is 1. The Bertz CT molecular complexity index is 1140. The predicted molar refractivity (Wildman–Crippen MR) is 110 cm³/mol. The molecule has 3 aromatic carbocycles. The van der Waals surface area contributed by atoms with E-state index in [9.17, 15) is 4.79 Å². The first-order chi connectivity index (χ1) is 13.1. The number of hydrogen-bond donors (Lipinski definition) is 3. The summed E-state index contributed by atoms with van der Waals surface area (Å²) in [6.07, 6.45) is 1.63. The number of hydrogen-bond acceptors (Lipinski definition) is 3. The SMILES string of the molecule is Cc1c(Cl)cccc1Nc1ccccc1C(=O)Nc1ccc2nc[nH]c2c1.